The standard InChI is InChI=1S/C26H30N6O4/c1-2-3-11-31-21(18-29-12-14-30(15-13-29)25(34)20-10-7-16-36-20)27-23-22(31)24(33)28-26(35)32(23)17-19-8-5-4-6-9-19/h4-10,16H,2-3,11-15,17-18H2,1H3,(H,28,33,35). The van der Waals surface area contributed by atoms with E-state index in [1.165, 1.54) is 10.8 Å². The molecule has 1 aliphatic rings. The lowest BCUT2D eigenvalue weighted by Crippen LogP contribution is -2.48. The van der Waals surface area contributed by atoms with Gasteiger partial charge in [-0.25, -0.2) is 9.78 Å². The topological polar surface area (TPSA) is 109 Å². The third kappa shape index (κ3) is 4.76. The van der Waals surface area contributed by atoms with Gasteiger partial charge in [0.05, 0.1) is 19.4 Å². The van der Waals surface area contributed by atoms with Crippen molar-refractivity contribution in [3.05, 3.63) is 86.7 Å². The summed E-state index contributed by atoms with van der Waals surface area (Å²) in [6.45, 7) is 6.11. The lowest BCUT2D eigenvalue weighted by molar-refractivity contribution is 0.0593. The highest BCUT2D eigenvalue weighted by Crippen LogP contribution is 2.17. The molecular weight excluding hydrogens is 460 g/mol. The molecule has 1 aliphatic heterocycles. The first-order chi connectivity index (χ1) is 17.5. The van der Waals surface area contributed by atoms with E-state index in [1.807, 2.05) is 34.9 Å². The predicted octanol–water partition coefficient (Wildman–Crippen LogP) is 2.29. The van der Waals surface area contributed by atoms with Crippen LogP contribution in [0.2, 0.25) is 0 Å². The molecule has 5 rings (SSSR count). The molecule has 1 aromatic carbocycles. The van der Waals surface area contributed by atoms with Gasteiger partial charge in [-0.2, -0.15) is 0 Å². The number of nitrogens with zero attached hydrogens (tertiary/aromatic N) is 5. The molecule has 0 atom stereocenters. The third-order valence-electron chi connectivity index (χ3n) is 6.64. The number of aromatic nitrogens is 4. The number of nitrogens with one attached hydrogen (secondary N) is 1. The number of carbonyl (C=O) groups excluding carboxylic acids is 1. The number of H-pyrrole nitrogens is 1. The molecule has 10 heteroatoms. The van der Waals surface area contributed by atoms with Crippen LogP contribution in [-0.2, 0) is 19.6 Å². The first-order valence-corrected chi connectivity index (χ1v) is 12.4. The Balaban J connectivity index is 1.43. The van der Waals surface area contributed by atoms with Gasteiger partial charge >= 0.3 is 5.69 Å². The van der Waals surface area contributed by atoms with Crippen molar-refractivity contribution in [2.75, 3.05) is 26.2 Å². The molecule has 4 heterocycles. The van der Waals surface area contributed by atoms with Gasteiger partial charge in [0.1, 0.15) is 5.82 Å². The van der Waals surface area contributed by atoms with Crippen LogP contribution in [0.15, 0.2) is 62.7 Å². The smallest absolute Gasteiger partial charge is 0.330 e. The molecule has 1 saturated heterocycles. The maximum atomic E-state index is 12.9. The average Bonchev–Trinajstić information content (AvgIpc) is 3.55. The van der Waals surface area contributed by atoms with Crippen LogP contribution >= 0.6 is 0 Å². The summed E-state index contributed by atoms with van der Waals surface area (Å²) in [5, 5.41) is 0. The van der Waals surface area contributed by atoms with E-state index in [4.69, 9.17) is 9.40 Å². The van der Waals surface area contributed by atoms with Crippen molar-refractivity contribution in [1.29, 1.82) is 0 Å². The number of imidazole rings is 1. The van der Waals surface area contributed by atoms with E-state index in [9.17, 15) is 14.4 Å². The van der Waals surface area contributed by atoms with E-state index < -0.39 is 11.2 Å². The Hall–Kier alpha value is -3.92. The molecule has 3 aromatic heterocycles. The molecule has 0 spiro atoms. The van der Waals surface area contributed by atoms with Gasteiger partial charge in [0, 0.05) is 32.7 Å². The number of piperazine rings is 1. The maximum Gasteiger partial charge on any atom is 0.330 e. The molecule has 188 valence electrons. The minimum atomic E-state index is -0.465. The SMILES string of the molecule is CCCCn1c(CN2CCN(C(=O)c3ccco3)CC2)nc2c1c(=O)[nH]c(=O)n2Cc1ccccc1. The Bertz CT molecular complexity index is 1440. The fourth-order valence-electron chi connectivity index (χ4n) is 4.67. The highest BCUT2D eigenvalue weighted by molar-refractivity contribution is 5.91. The van der Waals surface area contributed by atoms with Crippen molar-refractivity contribution in [2.24, 2.45) is 0 Å². The monoisotopic (exact) mass is 490 g/mol. The van der Waals surface area contributed by atoms with E-state index in [0.29, 0.717) is 62.7 Å². The van der Waals surface area contributed by atoms with Crippen LogP contribution in [0.5, 0.6) is 0 Å². The van der Waals surface area contributed by atoms with Crippen molar-refractivity contribution in [1.82, 2.24) is 28.9 Å². The van der Waals surface area contributed by atoms with Gasteiger partial charge in [-0.1, -0.05) is 43.7 Å². The molecule has 0 unspecified atom stereocenters. The molecular formula is C26H30N6O4. The van der Waals surface area contributed by atoms with Crippen molar-refractivity contribution < 1.29 is 9.21 Å². The number of unbranched alkanes of at least 4 members (excludes halogenated alkanes) is 1. The Morgan fingerprint density at radius 1 is 1.00 bits per heavy atom. The van der Waals surface area contributed by atoms with Gasteiger partial charge in [-0.3, -0.25) is 24.0 Å². The molecule has 1 N–H and O–H groups in total. The minimum Gasteiger partial charge on any atom is -0.459 e. The Morgan fingerprint density at radius 3 is 2.47 bits per heavy atom. The van der Waals surface area contributed by atoms with Crippen LogP contribution in [0.3, 0.4) is 0 Å². The number of furan rings is 1. The first-order valence-electron chi connectivity index (χ1n) is 12.4. The number of hydrogen-bond donors (Lipinski definition) is 1. The zero-order valence-electron chi connectivity index (χ0n) is 20.4. The number of aryl methyl sites for hydroxylation is 1. The Kier molecular flexibility index (Phi) is 6.86. The Morgan fingerprint density at radius 2 is 1.78 bits per heavy atom. The summed E-state index contributed by atoms with van der Waals surface area (Å²) >= 11 is 0. The quantitative estimate of drug-likeness (QED) is 0.406. The summed E-state index contributed by atoms with van der Waals surface area (Å²) in [5.41, 5.74) is 0.914. The lowest BCUT2D eigenvalue weighted by Gasteiger charge is -2.34. The van der Waals surface area contributed by atoms with E-state index in [1.54, 1.807) is 17.0 Å². The lowest BCUT2D eigenvalue weighted by atomic mass is 10.2. The summed E-state index contributed by atoms with van der Waals surface area (Å²) in [7, 11) is 0. The summed E-state index contributed by atoms with van der Waals surface area (Å²) in [5.74, 6) is 0.994. The number of rotatable bonds is 8. The van der Waals surface area contributed by atoms with Gasteiger partial charge in [-0.15, -0.1) is 0 Å². The minimum absolute atomic E-state index is 0.105. The van der Waals surface area contributed by atoms with Gasteiger partial charge < -0.3 is 13.9 Å². The van der Waals surface area contributed by atoms with E-state index in [2.05, 4.69) is 16.8 Å². The zero-order chi connectivity index (χ0) is 25.1. The summed E-state index contributed by atoms with van der Waals surface area (Å²) in [6.07, 6.45) is 3.36. The zero-order valence-corrected chi connectivity index (χ0v) is 20.4. The maximum absolute atomic E-state index is 12.9. The largest absolute Gasteiger partial charge is 0.459 e. The van der Waals surface area contributed by atoms with Crippen molar-refractivity contribution in [3.8, 4) is 0 Å². The Labute approximate surface area is 207 Å². The van der Waals surface area contributed by atoms with Gasteiger partial charge in [0.2, 0.25) is 0 Å². The van der Waals surface area contributed by atoms with E-state index in [0.717, 1.165) is 24.2 Å². The van der Waals surface area contributed by atoms with Crippen LogP contribution in [0, 0.1) is 0 Å². The fraction of sp³-hybridized carbons (Fsp3) is 0.385. The molecule has 36 heavy (non-hydrogen) atoms. The average molecular weight is 491 g/mol. The summed E-state index contributed by atoms with van der Waals surface area (Å²) in [6, 6.07) is 13.0. The van der Waals surface area contributed by atoms with Gasteiger partial charge in [0.25, 0.3) is 11.5 Å². The third-order valence-corrected chi connectivity index (χ3v) is 6.64. The summed E-state index contributed by atoms with van der Waals surface area (Å²) in [4.78, 5) is 49.7. The number of amides is 1. The molecule has 0 aliphatic carbocycles. The molecule has 0 radical (unpaired) electrons. The van der Waals surface area contributed by atoms with Crippen molar-refractivity contribution in [2.45, 2.75) is 39.4 Å². The highest BCUT2D eigenvalue weighted by Gasteiger charge is 2.26. The molecule has 1 fully saturated rings. The van der Waals surface area contributed by atoms with Crippen LogP contribution < -0.4 is 11.2 Å². The van der Waals surface area contributed by atoms with E-state index >= 15 is 0 Å². The summed E-state index contributed by atoms with van der Waals surface area (Å²) < 4.78 is 8.75. The normalized spacial score (nSPS) is 14.5. The fourth-order valence-corrected chi connectivity index (χ4v) is 4.67. The van der Waals surface area contributed by atoms with Gasteiger partial charge in [-0.05, 0) is 24.1 Å². The second-order valence-electron chi connectivity index (χ2n) is 9.08. The number of carbonyl (C=O) groups is 1. The second kappa shape index (κ2) is 10.4. The van der Waals surface area contributed by atoms with E-state index in [-0.39, 0.29) is 5.91 Å². The number of fused-ring (bicyclic) bond motifs is 1. The van der Waals surface area contributed by atoms with Crippen LogP contribution in [0.1, 0.15) is 41.7 Å². The number of hydrogen-bond acceptors (Lipinski definition) is 6. The highest BCUT2D eigenvalue weighted by atomic mass is 16.3. The van der Waals surface area contributed by atoms with Crippen molar-refractivity contribution in [3.63, 3.8) is 0 Å². The second-order valence-corrected chi connectivity index (χ2v) is 9.08. The molecule has 4 aromatic rings. The molecule has 0 saturated carbocycles. The van der Waals surface area contributed by atoms with Crippen LogP contribution in [0.25, 0.3) is 11.2 Å². The predicted molar refractivity (Wildman–Crippen MR) is 135 cm³/mol. The van der Waals surface area contributed by atoms with Crippen LogP contribution in [-0.4, -0.2) is 61.0 Å². The van der Waals surface area contributed by atoms with Gasteiger partial charge in [0.15, 0.2) is 16.9 Å². The number of aromatic amines is 1. The molecule has 0 bridgehead atoms. The van der Waals surface area contributed by atoms with Crippen molar-refractivity contribution >= 4 is 17.1 Å². The molecule has 10 nitrogen and oxygen atoms in total. The van der Waals surface area contributed by atoms with Crippen LogP contribution in [0.4, 0.5) is 0 Å². The number of benzene rings is 1. The first kappa shape index (κ1) is 23.8. The molecule has 1 amide bonds.